The molecule has 0 aliphatic carbocycles. The molecule has 1 aliphatic heterocycles. The molecule has 110 valence electrons. The number of aromatic nitrogens is 2. The van der Waals surface area contributed by atoms with Crippen molar-refractivity contribution in [2.75, 3.05) is 6.54 Å². The fourth-order valence-corrected chi connectivity index (χ4v) is 3.18. The van der Waals surface area contributed by atoms with Gasteiger partial charge in [0, 0.05) is 22.9 Å². The van der Waals surface area contributed by atoms with Crippen molar-refractivity contribution in [1.29, 1.82) is 0 Å². The molecule has 0 bridgehead atoms. The summed E-state index contributed by atoms with van der Waals surface area (Å²) in [5.41, 5.74) is 3.31. The van der Waals surface area contributed by atoms with Gasteiger partial charge in [-0.1, -0.05) is 28.1 Å². The van der Waals surface area contributed by atoms with Gasteiger partial charge in [-0.3, -0.25) is 9.89 Å². The number of nitrogens with one attached hydrogen (secondary N) is 1. The molecule has 1 aromatic heterocycles. The van der Waals surface area contributed by atoms with Crippen molar-refractivity contribution < 1.29 is 4.79 Å². The molecule has 1 N–H and O–H groups in total. The molecule has 1 saturated heterocycles. The maximum atomic E-state index is 12.5. The van der Waals surface area contributed by atoms with Crippen LogP contribution in [0.1, 0.15) is 35.7 Å². The minimum absolute atomic E-state index is 0.169. The van der Waals surface area contributed by atoms with Gasteiger partial charge < -0.3 is 4.90 Å². The van der Waals surface area contributed by atoms with Gasteiger partial charge in [-0.25, -0.2) is 0 Å². The summed E-state index contributed by atoms with van der Waals surface area (Å²) >= 11 is 3.53. The standard InChI is InChI=1S/C16H18BrN3O/c1-11-9-12(4-5-14(11)17)15-3-2-8-20(15)16(21)10-13-6-7-18-19-13/h4-7,9,15H,2-3,8,10H2,1H3,(H,18,19). The molecule has 0 radical (unpaired) electrons. The highest BCUT2D eigenvalue weighted by Crippen LogP contribution is 2.33. The molecule has 1 aromatic carbocycles. The third kappa shape index (κ3) is 3.02. The lowest BCUT2D eigenvalue weighted by atomic mass is 10.0. The average Bonchev–Trinajstić information content (AvgIpc) is 3.12. The maximum Gasteiger partial charge on any atom is 0.229 e. The number of rotatable bonds is 3. The van der Waals surface area contributed by atoms with Crippen LogP contribution in [0.5, 0.6) is 0 Å². The molecule has 1 fully saturated rings. The summed E-state index contributed by atoms with van der Waals surface area (Å²) in [5.74, 6) is 0.169. The molecule has 1 unspecified atom stereocenters. The van der Waals surface area contributed by atoms with Gasteiger partial charge in [0.2, 0.25) is 5.91 Å². The zero-order chi connectivity index (χ0) is 14.8. The molecular weight excluding hydrogens is 330 g/mol. The van der Waals surface area contributed by atoms with Gasteiger partial charge in [-0.15, -0.1) is 0 Å². The van der Waals surface area contributed by atoms with E-state index in [0.717, 1.165) is 29.6 Å². The molecule has 1 aliphatic rings. The number of aryl methyl sites for hydroxylation is 1. The lowest BCUT2D eigenvalue weighted by molar-refractivity contribution is -0.131. The normalized spacial score (nSPS) is 18.2. The highest BCUT2D eigenvalue weighted by Gasteiger charge is 2.30. The molecule has 0 saturated carbocycles. The van der Waals surface area contributed by atoms with Crippen LogP contribution in [0, 0.1) is 6.92 Å². The number of amides is 1. The number of benzene rings is 1. The van der Waals surface area contributed by atoms with Crippen molar-refractivity contribution in [2.24, 2.45) is 0 Å². The Labute approximate surface area is 132 Å². The minimum Gasteiger partial charge on any atom is -0.335 e. The fraction of sp³-hybridized carbons (Fsp3) is 0.375. The topological polar surface area (TPSA) is 49.0 Å². The number of hydrogen-bond acceptors (Lipinski definition) is 2. The quantitative estimate of drug-likeness (QED) is 0.924. The van der Waals surface area contributed by atoms with Crippen LogP contribution in [0.25, 0.3) is 0 Å². The summed E-state index contributed by atoms with van der Waals surface area (Å²) in [6, 6.07) is 8.42. The number of carbonyl (C=O) groups is 1. The van der Waals surface area contributed by atoms with E-state index in [1.807, 2.05) is 11.0 Å². The number of nitrogens with zero attached hydrogens (tertiary/aromatic N) is 2. The van der Waals surface area contributed by atoms with Crippen LogP contribution in [-0.4, -0.2) is 27.5 Å². The zero-order valence-corrected chi connectivity index (χ0v) is 13.6. The van der Waals surface area contributed by atoms with Crippen molar-refractivity contribution in [2.45, 2.75) is 32.2 Å². The Morgan fingerprint density at radius 3 is 3.05 bits per heavy atom. The van der Waals surface area contributed by atoms with Gasteiger partial charge in [0.15, 0.2) is 0 Å². The molecule has 3 rings (SSSR count). The monoisotopic (exact) mass is 347 g/mol. The van der Waals surface area contributed by atoms with E-state index < -0.39 is 0 Å². The van der Waals surface area contributed by atoms with Gasteiger partial charge in [-0.2, -0.15) is 5.10 Å². The summed E-state index contributed by atoms with van der Waals surface area (Å²) in [7, 11) is 0. The minimum atomic E-state index is 0.169. The third-order valence-corrected chi connectivity index (χ3v) is 4.93. The highest BCUT2D eigenvalue weighted by atomic mass is 79.9. The summed E-state index contributed by atoms with van der Waals surface area (Å²) < 4.78 is 1.11. The van der Waals surface area contributed by atoms with Crippen molar-refractivity contribution in [3.05, 3.63) is 51.8 Å². The van der Waals surface area contributed by atoms with E-state index >= 15 is 0 Å². The number of carbonyl (C=O) groups excluding carboxylic acids is 1. The smallest absolute Gasteiger partial charge is 0.229 e. The first-order valence-corrected chi connectivity index (χ1v) is 7.98. The first-order chi connectivity index (χ1) is 10.1. The van der Waals surface area contributed by atoms with Crippen molar-refractivity contribution in [1.82, 2.24) is 15.1 Å². The summed E-state index contributed by atoms with van der Waals surface area (Å²) in [4.78, 5) is 14.5. The SMILES string of the molecule is Cc1cc(C2CCCN2C(=O)Cc2ccn[nH]2)ccc1Br. The molecule has 0 spiro atoms. The Balaban J connectivity index is 1.78. The molecule has 4 nitrogen and oxygen atoms in total. The van der Waals surface area contributed by atoms with Crippen LogP contribution >= 0.6 is 15.9 Å². The fourth-order valence-electron chi connectivity index (χ4n) is 2.93. The van der Waals surface area contributed by atoms with E-state index in [1.165, 1.54) is 11.1 Å². The molecule has 1 atom stereocenters. The first kappa shape index (κ1) is 14.3. The molecular formula is C16H18BrN3O. The average molecular weight is 348 g/mol. The molecule has 2 heterocycles. The van der Waals surface area contributed by atoms with Crippen LogP contribution in [0.4, 0.5) is 0 Å². The lowest BCUT2D eigenvalue weighted by Gasteiger charge is -2.25. The van der Waals surface area contributed by atoms with Crippen molar-refractivity contribution in [3.8, 4) is 0 Å². The van der Waals surface area contributed by atoms with Crippen LogP contribution in [0.2, 0.25) is 0 Å². The first-order valence-electron chi connectivity index (χ1n) is 7.19. The Morgan fingerprint density at radius 1 is 1.48 bits per heavy atom. The van der Waals surface area contributed by atoms with Crippen molar-refractivity contribution >= 4 is 21.8 Å². The van der Waals surface area contributed by atoms with Gasteiger partial charge >= 0.3 is 0 Å². The second-order valence-electron chi connectivity index (χ2n) is 5.51. The Bertz CT molecular complexity index is 639. The number of H-pyrrole nitrogens is 1. The second-order valence-corrected chi connectivity index (χ2v) is 6.37. The van der Waals surface area contributed by atoms with E-state index in [0.29, 0.717) is 6.42 Å². The number of likely N-dealkylation sites (tertiary alicyclic amines) is 1. The Hall–Kier alpha value is -1.62. The number of halogens is 1. The highest BCUT2D eigenvalue weighted by molar-refractivity contribution is 9.10. The van der Waals surface area contributed by atoms with Gasteiger partial charge in [0.1, 0.15) is 0 Å². The van der Waals surface area contributed by atoms with Gasteiger partial charge in [0.05, 0.1) is 12.5 Å². The van der Waals surface area contributed by atoms with Crippen LogP contribution in [0.15, 0.2) is 34.9 Å². The molecule has 1 amide bonds. The van der Waals surface area contributed by atoms with E-state index in [9.17, 15) is 4.79 Å². The van der Waals surface area contributed by atoms with Crippen LogP contribution < -0.4 is 0 Å². The predicted octanol–water partition coefficient (Wildman–Crippen LogP) is 3.39. The van der Waals surface area contributed by atoms with E-state index in [-0.39, 0.29) is 11.9 Å². The Kier molecular flexibility index (Phi) is 4.10. The van der Waals surface area contributed by atoms with Gasteiger partial charge in [-0.05, 0) is 43.0 Å². The Morgan fingerprint density at radius 2 is 2.33 bits per heavy atom. The zero-order valence-electron chi connectivity index (χ0n) is 12.0. The summed E-state index contributed by atoms with van der Waals surface area (Å²) in [6.45, 7) is 2.92. The molecule has 2 aromatic rings. The predicted molar refractivity (Wildman–Crippen MR) is 84.9 cm³/mol. The third-order valence-electron chi connectivity index (χ3n) is 4.04. The maximum absolute atomic E-state index is 12.5. The summed E-state index contributed by atoms with van der Waals surface area (Å²) in [6.07, 6.45) is 4.18. The van der Waals surface area contributed by atoms with E-state index in [2.05, 4.69) is 51.3 Å². The van der Waals surface area contributed by atoms with E-state index in [4.69, 9.17) is 0 Å². The molecule has 21 heavy (non-hydrogen) atoms. The van der Waals surface area contributed by atoms with Crippen LogP contribution in [0.3, 0.4) is 0 Å². The van der Waals surface area contributed by atoms with Gasteiger partial charge in [0.25, 0.3) is 0 Å². The van der Waals surface area contributed by atoms with Crippen molar-refractivity contribution in [3.63, 3.8) is 0 Å². The number of hydrogen-bond donors (Lipinski definition) is 1. The lowest BCUT2D eigenvalue weighted by Crippen LogP contribution is -2.32. The van der Waals surface area contributed by atoms with Crippen LogP contribution in [-0.2, 0) is 11.2 Å². The van der Waals surface area contributed by atoms with E-state index in [1.54, 1.807) is 6.20 Å². The summed E-state index contributed by atoms with van der Waals surface area (Å²) in [5, 5.41) is 6.76. The number of aromatic amines is 1. The second kappa shape index (κ2) is 6.02. The molecule has 5 heteroatoms. The largest absolute Gasteiger partial charge is 0.335 e.